The summed E-state index contributed by atoms with van der Waals surface area (Å²) < 4.78 is 26.7. The third kappa shape index (κ3) is 6.58. The Morgan fingerprint density at radius 2 is 1.81 bits per heavy atom. The summed E-state index contributed by atoms with van der Waals surface area (Å²) in [6.07, 6.45) is 0.971. The molecule has 168 valence electrons. The number of likely N-dealkylation sites (N-methyl/N-ethyl adjacent to an activating group) is 1. The molecule has 31 heavy (non-hydrogen) atoms. The van der Waals surface area contributed by atoms with Gasteiger partial charge < -0.3 is 10.2 Å². The number of carbonyl (C=O) groups is 2. The van der Waals surface area contributed by atoms with E-state index in [1.165, 1.54) is 24.1 Å². The van der Waals surface area contributed by atoms with Crippen LogP contribution in [0.3, 0.4) is 0 Å². The zero-order valence-corrected chi connectivity index (χ0v) is 21.0. The lowest BCUT2D eigenvalue weighted by Gasteiger charge is -2.31. The molecule has 2 amide bonds. The minimum absolute atomic E-state index is 0.0141. The third-order valence-corrected chi connectivity index (χ3v) is 6.96. The average molecular weight is 551 g/mol. The van der Waals surface area contributed by atoms with Gasteiger partial charge in [-0.1, -0.05) is 57.3 Å². The molecule has 2 rings (SSSR count). The first-order valence-electron chi connectivity index (χ1n) is 9.13. The van der Waals surface area contributed by atoms with Gasteiger partial charge in [0.15, 0.2) is 0 Å². The van der Waals surface area contributed by atoms with Crippen molar-refractivity contribution in [1.29, 1.82) is 0 Å². The summed E-state index contributed by atoms with van der Waals surface area (Å²) in [7, 11) is -2.41. The van der Waals surface area contributed by atoms with Crippen molar-refractivity contribution in [2.45, 2.75) is 19.5 Å². The lowest BCUT2D eigenvalue weighted by atomic mass is 10.1. The van der Waals surface area contributed by atoms with Gasteiger partial charge in [-0.3, -0.25) is 13.9 Å². The van der Waals surface area contributed by atoms with E-state index in [1.54, 1.807) is 19.1 Å². The van der Waals surface area contributed by atoms with Crippen molar-refractivity contribution in [1.82, 2.24) is 10.2 Å². The minimum atomic E-state index is -3.88. The zero-order chi connectivity index (χ0) is 23.3. The Kier molecular flexibility index (Phi) is 8.76. The van der Waals surface area contributed by atoms with Crippen LogP contribution in [0.1, 0.15) is 12.5 Å². The molecule has 7 nitrogen and oxygen atoms in total. The number of nitrogens with one attached hydrogen (secondary N) is 1. The van der Waals surface area contributed by atoms with Gasteiger partial charge in [0, 0.05) is 18.1 Å². The highest BCUT2D eigenvalue weighted by molar-refractivity contribution is 9.10. The second kappa shape index (κ2) is 10.7. The van der Waals surface area contributed by atoms with Crippen LogP contribution in [0.2, 0.25) is 10.0 Å². The molecular formula is C20H22BrCl2N3O4S. The average Bonchev–Trinajstić information content (AvgIpc) is 2.70. The van der Waals surface area contributed by atoms with Gasteiger partial charge in [0.05, 0.1) is 22.0 Å². The van der Waals surface area contributed by atoms with Gasteiger partial charge in [0.25, 0.3) is 0 Å². The Morgan fingerprint density at radius 3 is 2.39 bits per heavy atom. The molecule has 1 N–H and O–H groups in total. The topological polar surface area (TPSA) is 86.8 Å². The second-order valence-corrected chi connectivity index (χ2v) is 10.4. The van der Waals surface area contributed by atoms with Crippen LogP contribution in [0.15, 0.2) is 46.9 Å². The van der Waals surface area contributed by atoms with Gasteiger partial charge in [-0.15, -0.1) is 0 Å². The smallest absolute Gasteiger partial charge is 0.244 e. The van der Waals surface area contributed by atoms with Gasteiger partial charge in [-0.25, -0.2) is 8.42 Å². The Morgan fingerprint density at radius 1 is 1.16 bits per heavy atom. The van der Waals surface area contributed by atoms with E-state index in [4.69, 9.17) is 23.2 Å². The highest BCUT2D eigenvalue weighted by Gasteiger charge is 2.30. The standard InChI is InChI=1S/C20H22BrCl2N3O4S/c1-13(20(28)24-2)25(11-14-6-4-7-15(21)10-14)18(27)12-26(31(3,29)30)17-9-5-8-16(22)19(17)23/h4-10,13H,11-12H2,1-3H3,(H,24,28)/t13-/m1/s1. The predicted octanol–water partition coefficient (Wildman–Crippen LogP) is 3.69. The van der Waals surface area contributed by atoms with Crippen LogP contribution in [-0.4, -0.2) is 51.0 Å². The molecule has 0 fully saturated rings. The monoisotopic (exact) mass is 549 g/mol. The van der Waals surface area contributed by atoms with Crippen LogP contribution in [0.4, 0.5) is 5.69 Å². The molecule has 0 aliphatic rings. The maximum atomic E-state index is 13.3. The Labute approximate surface area is 200 Å². The lowest BCUT2D eigenvalue weighted by molar-refractivity contribution is -0.139. The number of amides is 2. The minimum Gasteiger partial charge on any atom is -0.357 e. The molecule has 0 saturated carbocycles. The van der Waals surface area contributed by atoms with Crippen molar-refractivity contribution in [3.8, 4) is 0 Å². The van der Waals surface area contributed by atoms with Gasteiger partial charge in [0.1, 0.15) is 12.6 Å². The van der Waals surface area contributed by atoms with Gasteiger partial charge in [-0.2, -0.15) is 0 Å². The Balaban J connectivity index is 2.43. The van der Waals surface area contributed by atoms with Crippen LogP contribution in [-0.2, 0) is 26.2 Å². The number of hydrogen-bond acceptors (Lipinski definition) is 4. The van der Waals surface area contributed by atoms with E-state index in [9.17, 15) is 18.0 Å². The van der Waals surface area contributed by atoms with Crippen molar-refractivity contribution in [2.75, 3.05) is 24.2 Å². The summed E-state index contributed by atoms with van der Waals surface area (Å²) in [5.41, 5.74) is 0.852. The first-order chi connectivity index (χ1) is 14.5. The van der Waals surface area contributed by atoms with Crippen LogP contribution in [0.25, 0.3) is 0 Å². The molecule has 0 aromatic heterocycles. The molecule has 0 unspecified atom stereocenters. The number of halogens is 3. The van der Waals surface area contributed by atoms with Gasteiger partial charge in [-0.05, 0) is 36.8 Å². The van der Waals surface area contributed by atoms with Crippen molar-refractivity contribution in [2.24, 2.45) is 0 Å². The van der Waals surface area contributed by atoms with Gasteiger partial charge >= 0.3 is 0 Å². The summed E-state index contributed by atoms with van der Waals surface area (Å²) in [6, 6.07) is 11.0. The molecular weight excluding hydrogens is 529 g/mol. The quantitative estimate of drug-likeness (QED) is 0.543. The first-order valence-corrected chi connectivity index (χ1v) is 12.5. The van der Waals surface area contributed by atoms with E-state index >= 15 is 0 Å². The molecule has 0 bridgehead atoms. The summed E-state index contributed by atoms with van der Waals surface area (Å²) in [5, 5.41) is 2.69. The number of rotatable bonds is 8. The van der Waals surface area contributed by atoms with E-state index in [2.05, 4.69) is 21.2 Å². The molecule has 11 heteroatoms. The number of hydrogen-bond donors (Lipinski definition) is 1. The fourth-order valence-corrected chi connectivity index (χ4v) is 4.65. The van der Waals surface area contributed by atoms with Crippen molar-refractivity contribution in [3.63, 3.8) is 0 Å². The number of benzene rings is 2. The van der Waals surface area contributed by atoms with Crippen LogP contribution < -0.4 is 9.62 Å². The highest BCUT2D eigenvalue weighted by atomic mass is 79.9. The van der Waals surface area contributed by atoms with E-state index in [1.807, 2.05) is 18.2 Å². The molecule has 1 atom stereocenters. The molecule has 0 saturated heterocycles. The molecule has 0 heterocycles. The number of sulfonamides is 1. The Bertz CT molecular complexity index is 1080. The van der Waals surface area contributed by atoms with E-state index in [0.717, 1.165) is 20.6 Å². The Hall–Kier alpha value is -1.81. The SMILES string of the molecule is CNC(=O)[C@@H](C)N(Cc1cccc(Br)c1)C(=O)CN(c1cccc(Cl)c1Cl)S(C)(=O)=O. The fourth-order valence-electron chi connectivity index (χ4n) is 2.90. The summed E-state index contributed by atoms with van der Waals surface area (Å²) >= 11 is 15.6. The van der Waals surface area contributed by atoms with Crippen LogP contribution >= 0.6 is 39.1 Å². The summed E-state index contributed by atoms with van der Waals surface area (Å²) in [4.78, 5) is 26.9. The largest absolute Gasteiger partial charge is 0.357 e. The molecule has 0 aliphatic heterocycles. The molecule has 0 aliphatic carbocycles. The maximum absolute atomic E-state index is 13.3. The molecule has 0 radical (unpaired) electrons. The summed E-state index contributed by atoms with van der Waals surface area (Å²) in [6.45, 7) is 1.13. The van der Waals surface area contributed by atoms with E-state index in [-0.39, 0.29) is 28.2 Å². The van der Waals surface area contributed by atoms with Crippen LogP contribution in [0.5, 0.6) is 0 Å². The predicted molar refractivity (Wildman–Crippen MR) is 127 cm³/mol. The highest BCUT2D eigenvalue weighted by Crippen LogP contribution is 2.33. The number of nitrogens with zero attached hydrogens (tertiary/aromatic N) is 2. The van der Waals surface area contributed by atoms with Crippen molar-refractivity contribution < 1.29 is 18.0 Å². The molecule has 0 spiro atoms. The molecule has 2 aromatic rings. The summed E-state index contributed by atoms with van der Waals surface area (Å²) in [5.74, 6) is -0.951. The third-order valence-electron chi connectivity index (χ3n) is 4.53. The van der Waals surface area contributed by atoms with Crippen LogP contribution in [0, 0.1) is 0 Å². The van der Waals surface area contributed by atoms with E-state index < -0.39 is 28.5 Å². The second-order valence-electron chi connectivity index (χ2n) is 6.78. The van der Waals surface area contributed by atoms with Crippen molar-refractivity contribution >= 4 is 66.7 Å². The zero-order valence-electron chi connectivity index (χ0n) is 17.1. The normalized spacial score (nSPS) is 12.2. The lowest BCUT2D eigenvalue weighted by Crippen LogP contribution is -2.50. The van der Waals surface area contributed by atoms with E-state index in [0.29, 0.717) is 0 Å². The van der Waals surface area contributed by atoms with Crippen molar-refractivity contribution in [3.05, 3.63) is 62.5 Å². The number of anilines is 1. The molecule has 2 aromatic carbocycles. The number of carbonyl (C=O) groups excluding carboxylic acids is 2. The maximum Gasteiger partial charge on any atom is 0.244 e. The fraction of sp³-hybridized carbons (Fsp3) is 0.300. The van der Waals surface area contributed by atoms with Gasteiger partial charge in [0.2, 0.25) is 21.8 Å². The first kappa shape index (κ1) is 25.5.